The number of aryl methyl sites for hydroxylation is 2. The molecule has 0 aliphatic heterocycles. The molecule has 1 fully saturated rings. The molecule has 0 spiro atoms. The summed E-state index contributed by atoms with van der Waals surface area (Å²) in [4.78, 5) is 0. The summed E-state index contributed by atoms with van der Waals surface area (Å²) in [6, 6.07) is 5.20. The number of hydrogen-bond acceptors (Lipinski definition) is 0. The van der Waals surface area contributed by atoms with E-state index in [1.54, 1.807) is 0 Å². The smallest absolute Gasteiger partial charge is 0.0386 e. The van der Waals surface area contributed by atoms with Gasteiger partial charge in [-0.3, -0.25) is 0 Å². The van der Waals surface area contributed by atoms with Crippen molar-refractivity contribution in [2.24, 2.45) is 5.41 Å². The van der Waals surface area contributed by atoms with E-state index in [2.05, 4.69) is 44.4 Å². The molecule has 1 atom stereocenters. The lowest BCUT2D eigenvalue weighted by atomic mass is 9.87. The highest BCUT2D eigenvalue weighted by Gasteiger charge is 2.36. The van der Waals surface area contributed by atoms with E-state index in [4.69, 9.17) is 0 Å². The molecule has 0 saturated heterocycles. The number of hydrogen-bond donors (Lipinski definition) is 0. The third-order valence-electron chi connectivity index (χ3n) is 3.84. The van der Waals surface area contributed by atoms with Crippen LogP contribution in [0.15, 0.2) is 12.1 Å². The molecule has 14 heavy (non-hydrogen) atoms. The Morgan fingerprint density at radius 3 is 2.21 bits per heavy atom. The van der Waals surface area contributed by atoms with Gasteiger partial charge in [0.1, 0.15) is 0 Å². The van der Waals surface area contributed by atoms with Crippen molar-refractivity contribution in [3.05, 3.63) is 23.5 Å². The van der Waals surface area contributed by atoms with Crippen molar-refractivity contribution in [3.8, 4) is 0 Å². The Kier molecular flexibility index (Phi) is 2.21. The van der Waals surface area contributed by atoms with Crippen molar-refractivity contribution in [2.45, 2.75) is 53.0 Å². The lowest BCUT2D eigenvalue weighted by Gasteiger charge is -2.30. The van der Waals surface area contributed by atoms with E-state index in [1.165, 1.54) is 30.7 Å². The number of rotatable bonds is 1. The normalized spacial score (nSPS) is 25.6. The Hall–Kier alpha value is -0.720. The minimum absolute atomic E-state index is 0.481. The zero-order chi connectivity index (χ0) is 10.3. The van der Waals surface area contributed by atoms with Crippen LogP contribution in [-0.2, 0) is 0 Å². The van der Waals surface area contributed by atoms with Crippen molar-refractivity contribution < 1.29 is 0 Å². The zero-order valence-corrected chi connectivity index (χ0v) is 9.80. The summed E-state index contributed by atoms with van der Waals surface area (Å²) in [5.41, 5.74) is 3.32. The van der Waals surface area contributed by atoms with E-state index < -0.39 is 0 Å². The molecule has 1 saturated carbocycles. The molecular weight excluding hydrogens is 170 g/mol. The maximum absolute atomic E-state index is 2.53. The van der Waals surface area contributed by atoms with Gasteiger partial charge in [0.05, 0.1) is 0 Å². The van der Waals surface area contributed by atoms with Crippen LogP contribution in [0.1, 0.15) is 50.5 Å². The van der Waals surface area contributed by atoms with E-state index in [1.807, 2.05) is 0 Å². The van der Waals surface area contributed by atoms with Crippen LogP contribution in [0.5, 0.6) is 0 Å². The van der Waals surface area contributed by atoms with Crippen molar-refractivity contribution in [1.29, 1.82) is 0 Å². The van der Waals surface area contributed by atoms with Gasteiger partial charge in [-0.15, -0.1) is 0 Å². The van der Waals surface area contributed by atoms with E-state index >= 15 is 0 Å². The lowest BCUT2D eigenvalue weighted by Crippen LogP contribution is -2.23. The summed E-state index contributed by atoms with van der Waals surface area (Å²) < 4.78 is 2.53. The van der Waals surface area contributed by atoms with Crippen LogP contribution in [0.4, 0.5) is 0 Å². The molecule has 0 radical (unpaired) electrons. The number of nitrogens with zero attached hydrogens (tertiary/aromatic N) is 1. The first-order valence-corrected chi connectivity index (χ1v) is 5.67. The Balaban J connectivity index is 2.40. The maximum atomic E-state index is 2.53. The molecule has 1 aromatic heterocycles. The van der Waals surface area contributed by atoms with E-state index in [-0.39, 0.29) is 0 Å². The van der Waals surface area contributed by atoms with Crippen LogP contribution in [0, 0.1) is 19.3 Å². The molecule has 1 heteroatoms. The molecule has 0 aromatic carbocycles. The standard InChI is InChI=1S/C13H21N/c1-10-7-8-11(2)14(10)12-6-5-9-13(12,3)4/h7-8,12H,5-6,9H2,1-4H3. The van der Waals surface area contributed by atoms with Crippen molar-refractivity contribution >= 4 is 0 Å². The minimum atomic E-state index is 0.481. The Morgan fingerprint density at radius 1 is 1.21 bits per heavy atom. The number of aromatic nitrogens is 1. The SMILES string of the molecule is Cc1ccc(C)n1C1CCCC1(C)C. The second-order valence-corrected chi connectivity index (χ2v) is 5.38. The van der Waals surface area contributed by atoms with Crippen molar-refractivity contribution in [1.82, 2.24) is 4.57 Å². The van der Waals surface area contributed by atoms with Crippen LogP contribution < -0.4 is 0 Å². The fourth-order valence-corrected chi connectivity index (χ4v) is 2.96. The lowest BCUT2D eigenvalue weighted by molar-refractivity contribution is 0.255. The van der Waals surface area contributed by atoms with Crippen LogP contribution in [0.3, 0.4) is 0 Å². The maximum Gasteiger partial charge on any atom is 0.0386 e. The summed E-state index contributed by atoms with van der Waals surface area (Å²) in [6.07, 6.45) is 4.10. The highest BCUT2D eigenvalue weighted by molar-refractivity contribution is 5.16. The monoisotopic (exact) mass is 191 g/mol. The quantitative estimate of drug-likeness (QED) is 0.635. The van der Waals surface area contributed by atoms with Gasteiger partial charge in [-0.1, -0.05) is 20.3 Å². The Labute approximate surface area is 87.1 Å². The molecule has 78 valence electrons. The molecule has 0 N–H and O–H groups in total. The molecule has 0 bridgehead atoms. The van der Waals surface area contributed by atoms with Gasteiger partial charge in [-0.2, -0.15) is 0 Å². The highest BCUT2D eigenvalue weighted by atomic mass is 15.0. The average molecular weight is 191 g/mol. The fourth-order valence-electron chi connectivity index (χ4n) is 2.96. The summed E-state index contributed by atoms with van der Waals surface area (Å²) in [6.45, 7) is 9.26. The molecule has 1 aliphatic carbocycles. The van der Waals surface area contributed by atoms with Gasteiger partial charge in [0.25, 0.3) is 0 Å². The summed E-state index contributed by atoms with van der Waals surface area (Å²) in [5.74, 6) is 0. The highest BCUT2D eigenvalue weighted by Crippen LogP contribution is 2.46. The van der Waals surface area contributed by atoms with E-state index in [0.717, 1.165) is 6.04 Å². The van der Waals surface area contributed by atoms with Crippen LogP contribution >= 0.6 is 0 Å². The van der Waals surface area contributed by atoms with Crippen LogP contribution in [-0.4, -0.2) is 4.57 Å². The van der Waals surface area contributed by atoms with E-state index in [0.29, 0.717) is 5.41 Å². The third-order valence-corrected chi connectivity index (χ3v) is 3.84. The van der Waals surface area contributed by atoms with Gasteiger partial charge < -0.3 is 4.57 Å². The molecule has 1 aliphatic rings. The average Bonchev–Trinajstić information content (AvgIpc) is 2.57. The second kappa shape index (κ2) is 3.15. The van der Waals surface area contributed by atoms with Crippen LogP contribution in [0.25, 0.3) is 0 Å². The minimum Gasteiger partial charge on any atom is -0.346 e. The third kappa shape index (κ3) is 1.39. The largest absolute Gasteiger partial charge is 0.346 e. The molecule has 1 aromatic rings. The van der Waals surface area contributed by atoms with Crippen molar-refractivity contribution in [2.75, 3.05) is 0 Å². The molecule has 1 heterocycles. The molecule has 0 amide bonds. The summed E-state index contributed by atoms with van der Waals surface area (Å²) in [7, 11) is 0. The predicted octanol–water partition coefficient (Wildman–Crippen LogP) is 3.86. The first kappa shape index (κ1) is 9.82. The van der Waals surface area contributed by atoms with Crippen molar-refractivity contribution in [3.63, 3.8) is 0 Å². The first-order chi connectivity index (χ1) is 6.52. The van der Waals surface area contributed by atoms with Gasteiger partial charge in [0.2, 0.25) is 0 Å². The van der Waals surface area contributed by atoms with Gasteiger partial charge >= 0.3 is 0 Å². The summed E-state index contributed by atoms with van der Waals surface area (Å²) >= 11 is 0. The fraction of sp³-hybridized carbons (Fsp3) is 0.692. The molecule has 1 unspecified atom stereocenters. The Bertz CT molecular complexity index is 314. The van der Waals surface area contributed by atoms with Gasteiger partial charge in [0.15, 0.2) is 0 Å². The van der Waals surface area contributed by atoms with Gasteiger partial charge in [0, 0.05) is 17.4 Å². The van der Waals surface area contributed by atoms with Crippen LogP contribution in [0.2, 0.25) is 0 Å². The van der Waals surface area contributed by atoms with Gasteiger partial charge in [-0.25, -0.2) is 0 Å². The van der Waals surface area contributed by atoms with Gasteiger partial charge in [-0.05, 0) is 44.2 Å². The predicted molar refractivity (Wildman–Crippen MR) is 60.6 cm³/mol. The first-order valence-electron chi connectivity index (χ1n) is 5.67. The molecular formula is C13H21N. The summed E-state index contributed by atoms with van der Waals surface area (Å²) in [5, 5.41) is 0. The second-order valence-electron chi connectivity index (χ2n) is 5.38. The van der Waals surface area contributed by atoms with E-state index in [9.17, 15) is 0 Å². The molecule has 1 nitrogen and oxygen atoms in total. The Morgan fingerprint density at radius 2 is 1.79 bits per heavy atom. The zero-order valence-electron chi connectivity index (χ0n) is 9.80. The molecule has 2 rings (SSSR count). The topological polar surface area (TPSA) is 4.93 Å².